The first-order valence-electron chi connectivity index (χ1n) is 8.28. The van der Waals surface area contributed by atoms with Crippen molar-refractivity contribution >= 4 is 27.5 Å². The molecule has 1 aliphatic heterocycles. The van der Waals surface area contributed by atoms with Crippen LogP contribution in [0.2, 0.25) is 5.02 Å². The fraction of sp³-hybridized carbons (Fsp3) is 0.588. The Labute approximate surface area is 149 Å². The number of carbonyl (C=O) groups excluding carboxylic acids is 1. The van der Waals surface area contributed by atoms with Crippen LogP contribution in [-0.2, 0) is 14.8 Å². The van der Waals surface area contributed by atoms with Gasteiger partial charge >= 0.3 is 0 Å². The summed E-state index contributed by atoms with van der Waals surface area (Å²) in [6.45, 7) is 6.81. The van der Waals surface area contributed by atoms with Crippen molar-refractivity contribution in [2.24, 2.45) is 11.8 Å². The van der Waals surface area contributed by atoms with Crippen molar-refractivity contribution in [3.05, 3.63) is 29.3 Å². The van der Waals surface area contributed by atoms with Crippen LogP contribution in [0.5, 0.6) is 0 Å². The fourth-order valence-corrected chi connectivity index (χ4v) is 4.41. The summed E-state index contributed by atoms with van der Waals surface area (Å²) in [7, 11) is -3.55. The van der Waals surface area contributed by atoms with Crippen LogP contribution in [0.4, 0.5) is 0 Å². The van der Waals surface area contributed by atoms with E-state index in [0.29, 0.717) is 36.9 Å². The lowest BCUT2D eigenvalue weighted by Gasteiger charge is -2.31. The SMILES string of the molecule is CC(C)[C@H](C)NC(=O)C1CCN(S(=O)(=O)c2cccc(Cl)c2)CC1. The molecule has 1 aromatic rings. The van der Waals surface area contributed by atoms with Gasteiger partial charge in [0.2, 0.25) is 15.9 Å². The quantitative estimate of drug-likeness (QED) is 0.864. The first kappa shape index (κ1) is 19.2. The molecule has 0 radical (unpaired) electrons. The van der Waals surface area contributed by atoms with Gasteiger partial charge in [-0.3, -0.25) is 4.79 Å². The lowest BCUT2D eigenvalue weighted by atomic mass is 9.96. The second-order valence-corrected chi connectivity index (χ2v) is 9.05. The van der Waals surface area contributed by atoms with Crippen molar-refractivity contribution in [1.29, 1.82) is 0 Å². The molecule has 1 aliphatic rings. The summed E-state index contributed by atoms with van der Waals surface area (Å²) < 4.78 is 26.7. The van der Waals surface area contributed by atoms with Gasteiger partial charge in [0.1, 0.15) is 0 Å². The molecule has 0 bridgehead atoms. The topological polar surface area (TPSA) is 66.5 Å². The van der Waals surface area contributed by atoms with E-state index in [-0.39, 0.29) is 22.8 Å². The molecule has 134 valence electrons. The van der Waals surface area contributed by atoms with Gasteiger partial charge in [0.25, 0.3) is 0 Å². The van der Waals surface area contributed by atoms with Crippen LogP contribution in [0.15, 0.2) is 29.2 Å². The maximum atomic E-state index is 12.6. The van der Waals surface area contributed by atoms with Gasteiger partial charge in [-0.2, -0.15) is 4.31 Å². The van der Waals surface area contributed by atoms with Crippen LogP contribution in [0.25, 0.3) is 0 Å². The third-order valence-electron chi connectivity index (χ3n) is 4.63. The summed E-state index contributed by atoms with van der Waals surface area (Å²) >= 11 is 5.89. The summed E-state index contributed by atoms with van der Waals surface area (Å²) in [5.41, 5.74) is 0. The summed E-state index contributed by atoms with van der Waals surface area (Å²) in [5, 5.41) is 3.41. The second kappa shape index (κ2) is 7.85. The van der Waals surface area contributed by atoms with Gasteiger partial charge < -0.3 is 5.32 Å². The fourth-order valence-electron chi connectivity index (χ4n) is 2.64. The van der Waals surface area contributed by atoms with Gasteiger partial charge in [-0.15, -0.1) is 0 Å². The highest BCUT2D eigenvalue weighted by molar-refractivity contribution is 7.89. The van der Waals surface area contributed by atoms with E-state index in [4.69, 9.17) is 11.6 Å². The van der Waals surface area contributed by atoms with E-state index in [1.165, 1.54) is 10.4 Å². The molecule has 1 fully saturated rings. The van der Waals surface area contributed by atoms with E-state index < -0.39 is 10.0 Å². The molecule has 0 aromatic heterocycles. The average molecular weight is 373 g/mol. The zero-order chi connectivity index (χ0) is 17.9. The molecule has 1 saturated heterocycles. The molecule has 0 saturated carbocycles. The molecule has 1 amide bonds. The maximum Gasteiger partial charge on any atom is 0.243 e. The number of hydrogen-bond donors (Lipinski definition) is 1. The van der Waals surface area contributed by atoms with E-state index in [0.717, 1.165) is 0 Å². The van der Waals surface area contributed by atoms with Crippen LogP contribution < -0.4 is 5.32 Å². The van der Waals surface area contributed by atoms with Gasteiger partial charge in [0.05, 0.1) is 4.90 Å². The van der Waals surface area contributed by atoms with Gasteiger partial charge in [0.15, 0.2) is 0 Å². The standard InChI is InChI=1S/C17H25ClN2O3S/c1-12(2)13(3)19-17(21)14-7-9-20(10-8-14)24(22,23)16-6-4-5-15(18)11-16/h4-6,11-14H,7-10H2,1-3H3,(H,19,21)/t13-/m0/s1. The molecular formula is C17H25ClN2O3S. The molecule has 0 unspecified atom stereocenters. The number of nitrogens with one attached hydrogen (secondary N) is 1. The van der Waals surface area contributed by atoms with Crippen molar-refractivity contribution in [2.45, 2.75) is 44.6 Å². The Morgan fingerprint density at radius 1 is 1.25 bits per heavy atom. The Morgan fingerprint density at radius 3 is 2.42 bits per heavy atom. The largest absolute Gasteiger partial charge is 0.353 e. The van der Waals surface area contributed by atoms with E-state index in [9.17, 15) is 13.2 Å². The molecule has 0 aliphatic carbocycles. The first-order chi connectivity index (χ1) is 11.2. The van der Waals surface area contributed by atoms with Crippen LogP contribution in [0.3, 0.4) is 0 Å². The molecule has 24 heavy (non-hydrogen) atoms. The third-order valence-corrected chi connectivity index (χ3v) is 6.76. The van der Waals surface area contributed by atoms with E-state index in [1.54, 1.807) is 18.2 Å². The third kappa shape index (κ3) is 4.49. The normalized spacial score (nSPS) is 18.5. The molecule has 7 heteroatoms. The number of nitrogens with zero attached hydrogens (tertiary/aromatic N) is 1. The minimum Gasteiger partial charge on any atom is -0.353 e. The molecule has 5 nitrogen and oxygen atoms in total. The Balaban J connectivity index is 1.98. The second-order valence-electron chi connectivity index (χ2n) is 6.68. The van der Waals surface area contributed by atoms with Crippen molar-refractivity contribution in [3.63, 3.8) is 0 Å². The number of carbonyl (C=O) groups is 1. The van der Waals surface area contributed by atoms with Gasteiger partial charge in [-0.25, -0.2) is 8.42 Å². The number of sulfonamides is 1. The van der Waals surface area contributed by atoms with E-state index in [2.05, 4.69) is 19.2 Å². The number of amides is 1. The maximum absolute atomic E-state index is 12.6. The molecular weight excluding hydrogens is 348 g/mol. The predicted octanol–water partition coefficient (Wildman–Crippen LogP) is 2.90. The predicted molar refractivity (Wildman–Crippen MR) is 95.4 cm³/mol. The summed E-state index contributed by atoms with van der Waals surface area (Å²) in [4.78, 5) is 12.5. The highest BCUT2D eigenvalue weighted by atomic mass is 35.5. The van der Waals surface area contributed by atoms with Gasteiger partial charge in [0, 0.05) is 30.1 Å². The lowest BCUT2D eigenvalue weighted by molar-refractivity contribution is -0.127. The summed E-state index contributed by atoms with van der Waals surface area (Å²) in [6, 6.07) is 6.39. The molecule has 1 N–H and O–H groups in total. The van der Waals surface area contributed by atoms with Gasteiger partial charge in [-0.05, 0) is 43.9 Å². The molecule has 1 aromatic carbocycles. The molecule has 1 atom stereocenters. The van der Waals surface area contributed by atoms with Crippen LogP contribution in [-0.4, -0.2) is 37.8 Å². The first-order valence-corrected chi connectivity index (χ1v) is 10.1. The van der Waals surface area contributed by atoms with E-state index in [1.807, 2.05) is 6.92 Å². The van der Waals surface area contributed by atoms with Crippen molar-refractivity contribution < 1.29 is 13.2 Å². The minimum absolute atomic E-state index is 0.0241. The number of hydrogen-bond acceptors (Lipinski definition) is 3. The van der Waals surface area contributed by atoms with Crippen LogP contribution in [0, 0.1) is 11.8 Å². The molecule has 0 spiro atoms. The highest BCUT2D eigenvalue weighted by Crippen LogP contribution is 2.25. The van der Waals surface area contributed by atoms with Crippen molar-refractivity contribution in [1.82, 2.24) is 9.62 Å². The lowest BCUT2D eigenvalue weighted by Crippen LogP contribution is -2.45. The van der Waals surface area contributed by atoms with Crippen LogP contribution >= 0.6 is 11.6 Å². The number of benzene rings is 1. The Kier molecular flexibility index (Phi) is 6.28. The zero-order valence-corrected chi connectivity index (χ0v) is 15.9. The van der Waals surface area contributed by atoms with Crippen molar-refractivity contribution in [3.8, 4) is 0 Å². The van der Waals surface area contributed by atoms with Gasteiger partial charge in [-0.1, -0.05) is 31.5 Å². The monoisotopic (exact) mass is 372 g/mol. The van der Waals surface area contributed by atoms with Crippen LogP contribution in [0.1, 0.15) is 33.6 Å². The Morgan fingerprint density at radius 2 is 1.88 bits per heavy atom. The Hall–Kier alpha value is -1.11. The number of piperidine rings is 1. The molecule has 2 rings (SSSR count). The number of halogens is 1. The smallest absolute Gasteiger partial charge is 0.243 e. The summed E-state index contributed by atoms with van der Waals surface area (Å²) in [5.74, 6) is 0.269. The molecule has 1 heterocycles. The zero-order valence-electron chi connectivity index (χ0n) is 14.3. The number of rotatable bonds is 5. The summed E-state index contributed by atoms with van der Waals surface area (Å²) in [6.07, 6.45) is 1.08. The minimum atomic E-state index is -3.55. The van der Waals surface area contributed by atoms with Crippen molar-refractivity contribution in [2.75, 3.05) is 13.1 Å². The van der Waals surface area contributed by atoms with E-state index >= 15 is 0 Å². The highest BCUT2D eigenvalue weighted by Gasteiger charge is 2.32. The Bertz CT molecular complexity index is 683. The average Bonchev–Trinajstić information content (AvgIpc) is 2.54.